The highest BCUT2D eigenvalue weighted by Gasteiger charge is 2.34. The van der Waals surface area contributed by atoms with Crippen molar-refractivity contribution in [3.8, 4) is 11.5 Å². The van der Waals surface area contributed by atoms with Crippen LogP contribution in [0.1, 0.15) is 76.9 Å². The first-order valence-corrected chi connectivity index (χ1v) is 20.5. The van der Waals surface area contributed by atoms with E-state index in [0.29, 0.717) is 38.7 Å². The molecule has 0 spiro atoms. The van der Waals surface area contributed by atoms with Gasteiger partial charge in [0, 0.05) is 40.5 Å². The lowest BCUT2D eigenvalue weighted by Gasteiger charge is -2.26. The van der Waals surface area contributed by atoms with Gasteiger partial charge < -0.3 is 45.2 Å². The van der Waals surface area contributed by atoms with E-state index < -0.39 is 71.3 Å². The first kappa shape index (κ1) is 44.9. The van der Waals surface area contributed by atoms with E-state index in [1.807, 2.05) is 42.5 Å². The predicted octanol–water partition coefficient (Wildman–Crippen LogP) is 6.51. The van der Waals surface area contributed by atoms with Gasteiger partial charge >= 0.3 is 11.9 Å². The maximum absolute atomic E-state index is 14.4. The molecule has 3 atom stereocenters. The molecule has 15 nitrogen and oxygen atoms in total. The number of hydrogen-bond donors (Lipinski definition) is 5. The summed E-state index contributed by atoms with van der Waals surface area (Å²) in [5.41, 5.74) is 0.0615. The van der Waals surface area contributed by atoms with Gasteiger partial charge in [-0.15, -0.1) is 0 Å². The number of nitrogens with one attached hydrogen (secondary N) is 5. The molecule has 0 aliphatic carbocycles. The highest BCUT2D eigenvalue weighted by Crippen LogP contribution is 2.34. The zero-order chi connectivity index (χ0) is 44.8. The van der Waals surface area contributed by atoms with Crippen molar-refractivity contribution in [1.29, 1.82) is 0 Å². The molecule has 4 amide bonds. The summed E-state index contributed by atoms with van der Waals surface area (Å²) in [6.07, 6.45) is -1.12. The summed E-state index contributed by atoms with van der Waals surface area (Å²) in [4.78, 5) is 85.6. The van der Waals surface area contributed by atoms with Gasteiger partial charge in [-0.3, -0.25) is 28.8 Å². The molecule has 6 rings (SSSR count). The second-order valence-corrected chi connectivity index (χ2v) is 17.4. The van der Waals surface area contributed by atoms with Gasteiger partial charge in [-0.1, -0.05) is 54.1 Å². The minimum absolute atomic E-state index is 0.00824. The number of esters is 2. The van der Waals surface area contributed by atoms with E-state index >= 15 is 0 Å². The number of carbonyl (C=O) groups excluding carboxylic acids is 6. The Kier molecular flexibility index (Phi) is 13.8. The molecule has 5 N–H and O–H groups in total. The normalized spacial score (nSPS) is 13.7. The van der Waals surface area contributed by atoms with E-state index in [1.165, 1.54) is 0 Å². The van der Waals surface area contributed by atoms with Crippen molar-refractivity contribution in [3.63, 3.8) is 0 Å². The predicted molar refractivity (Wildman–Crippen MR) is 233 cm³/mol. The number of aromatic amines is 1. The Morgan fingerprint density at radius 3 is 2.10 bits per heavy atom. The SMILES string of the molecule is CC(C)(C)OC(=O)CC[C@H](NC(=O)[C@H](CC(=O)OC(C)(C)C)NC(=O)[C@H](Cc1ccc2ccccc2c1)NC(=O)c1cc2cc(Cl)ccc2[nH]1)C(=O)Nc1ccc2c(c1)OCO2. The summed E-state index contributed by atoms with van der Waals surface area (Å²) in [6.45, 7) is 10.1. The minimum atomic E-state index is -1.61. The van der Waals surface area contributed by atoms with Crippen LogP contribution in [-0.4, -0.2) is 76.7 Å². The lowest BCUT2D eigenvalue weighted by Crippen LogP contribution is -2.57. The van der Waals surface area contributed by atoms with Crippen LogP contribution in [0.2, 0.25) is 5.02 Å². The largest absolute Gasteiger partial charge is 0.460 e. The van der Waals surface area contributed by atoms with Gasteiger partial charge in [0.05, 0.1) is 6.42 Å². The number of fused-ring (bicyclic) bond motifs is 3. The Bertz CT molecular complexity index is 2510. The first-order valence-electron chi connectivity index (χ1n) is 20.1. The van der Waals surface area contributed by atoms with Crippen molar-refractivity contribution in [2.75, 3.05) is 12.1 Å². The molecule has 0 bridgehead atoms. The third kappa shape index (κ3) is 12.5. The number of carbonyl (C=O) groups is 6. The summed E-state index contributed by atoms with van der Waals surface area (Å²) in [5.74, 6) is -3.60. The van der Waals surface area contributed by atoms with Crippen molar-refractivity contribution in [2.24, 2.45) is 0 Å². The van der Waals surface area contributed by atoms with Crippen molar-refractivity contribution < 1.29 is 47.7 Å². The molecule has 0 saturated heterocycles. The number of anilines is 1. The van der Waals surface area contributed by atoms with Crippen molar-refractivity contribution in [1.82, 2.24) is 20.9 Å². The van der Waals surface area contributed by atoms with E-state index in [1.54, 1.807) is 84.0 Å². The number of rotatable bonds is 15. The Labute approximate surface area is 363 Å². The summed E-state index contributed by atoms with van der Waals surface area (Å²) in [6, 6.07) is 20.5. The molecule has 0 unspecified atom stereocenters. The Hall–Kier alpha value is -6.61. The lowest BCUT2D eigenvalue weighted by atomic mass is 10.0. The van der Waals surface area contributed by atoms with Crippen LogP contribution < -0.4 is 30.7 Å². The maximum atomic E-state index is 14.4. The molecule has 1 aliphatic heterocycles. The number of benzene rings is 4. The molecular formula is C46H50ClN5O10. The molecule has 4 aromatic carbocycles. The third-order valence-electron chi connectivity index (χ3n) is 9.46. The van der Waals surface area contributed by atoms with Crippen molar-refractivity contribution in [2.45, 2.75) is 96.6 Å². The van der Waals surface area contributed by atoms with E-state index in [4.69, 9.17) is 30.5 Å². The molecule has 1 aliphatic rings. The Balaban J connectivity index is 1.28. The molecule has 1 aromatic heterocycles. The maximum Gasteiger partial charge on any atom is 0.308 e. The number of aromatic nitrogens is 1. The molecule has 0 fully saturated rings. The fourth-order valence-electron chi connectivity index (χ4n) is 6.70. The first-order chi connectivity index (χ1) is 29.3. The summed E-state index contributed by atoms with van der Waals surface area (Å²) < 4.78 is 21.8. The molecular weight excluding hydrogens is 818 g/mol. The summed E-state index contributed by atoms with van der Waals surface area (Å²) in [5, 5.41) is 13.8. The summed E-state index contributed by atoms with van der Waals surface area (Å²) >= 11 is 6.18. The van der Waals surface area contributed by atoms with Gasteiger partial charge in [-0.2, -0.15) is 0 Å². The zero-order valence-electron chi connectivity index (χ0n) is 35.3. The average Bonchev–Trinajstić information content (AvgIpc) is 3.84. The fraction of sp³-hybridized carbons (Fsp3) is 0.348. The molecule has 2 heterocycles. The van der Waals surface area contributed by atoms with E-state index in [-0.39, 0.29) is 31.7 Å². The minimum Gasteiger partial charge on any atom is -0.460 e. The van der Waals surface area contributed by atoms with Crippen molar-refractivity contribution in [3.05, 3.63) is 101 Å². The highest BCUT2D eigenvalue weighted by atomic mass is 35.5. The zero-order valence-corrected chi connectivity index (χ0v) is 36.1. The number of H-pyrrole nitrogens is 1. The van der Waals surface area contributed by atoms with Crippen LogP contribution >= 0.6 is 11.6 Å². The highest BCUT2D eigenvalue weighted by molar-refractivity contribution is 6.31. The number of amides is 4. The average molecular weight is 868 g/mol. The van der Waals surface area contributed by atoms with Crippen LogP contribution in [0.4, 0.5) is 5.69 Å². The van der Waals surface area contributed by atoms with Gasteiger partial charge in [0.25, 0.3) is 5.91 Å². The molecule has 16 heteroatoms. The van der Waals surface area contributed by atoms with Crippen LogP contribution in [0.25, 0.3) is 21.7 Å². The quantitative estimate of drug-likeness (QED) is 0.0723. The number of hydrogen-bond acceptors (Lipinski definition) is 10. The van der Waals surface area contributed by atoms with Crippen LogP contribution in [0.5, 0.6) is 11.5 Å². The van der Waals surface area contributed by atoms with E-state index in [2.05, 4.69) is 26.3 Å². The molecule has 326 valence electrons. The standard InChI is InChI=1S/C46H50ClN5O10/c1-45(2,3)61-39(53)18-16-33(41(55)48-31-14-17-37-38(23-31)60-25-59-37)50-44(58)36(24-40(54)62-46(4,5)6)52-42(56)34(20-26-11-12-27-9-7-8-10-28(27)19-26)51-43(57)35-22-29-21-30(47)13-15-32(29)49-35/h7-15,17,19,21-23,33-34,36,49H,16,18,20,24-25H2,1-6H3,(H,48,55)(H,50,58)(H,51,57)(H,52,56)/t33-,34-,36-/m0/s1. The second-order valence-electron chi connectivity index (χ2n) is 16.9. The smallest absolute Gasteiger partial charge is 0.308 e. The fourth-order valence-corrected chi connectivity index (χ4v) is 6.88. The van der Waals surface area contributed by atoms with Gasteiger partial charge in [-0.25, -0.2) is 0 Å². The second kappa shape index (κ2) is 19.0. The third-order valence-corrected chi connectivity index (χ3v) is 9.69. The molecule has 62 heavy (non-hydrogen) atoms. The monoisotopic (exact) mass is 867 g/mol. The molecule has 0 radical (unpaired) electrons. The van der Waals surface area contributed by atoms with Crippen molar-refractivity contribution >= 4 is 74.5 Å². The lowest BCUT2D eigenvalue weighted by molar-refractivity contribution is -0.156. The van der Waals surface area contributed by atoms with Gasteiger partial charge in [0.15, 0.2) is 11.5 Å². The van der Waals surface area contributed by atoms with Crippen LogP contribution in [-0.2, 0) is 39.9 Å². The molecule has 5 aromatic rings. The Morgan fingerprint density at radius 1 is 0.677 bits per heavy atom. The van der Waals surface area contributed by atoms with Gasteiger partial charge in [0.2, 0.25) is 24.5 Å². The van der Waals surface area contributed by atoms with Gasteiger partial charge in [0.1, 0.15) is 35.0 Å². The number of ether oxygens (including phenoxy) is 4. The Morgan fingerprint density at radius 2 is 1.35 bits per heavy atom. The number of halogens is 1. The summed E-state index contributed by atoms with van der Waals surface area (Å²) in [7, 11) is 0. The topological polar surface area (TPSA) is 203 Å². The van der Waals surface area contributed by atoms with E-state index in [0.717, 1.165) is 10.8 Å². The van der Waals surface area contributed by atoms with E-state index in [9.17, 15) is 28.8 Å². The molecule has 0 saturated carbocycles. The van der Waals surface area contributed by atoms with Gasteiger partial charge in [-0.05, 0) is 101 Å². The van der Waals surface area contributed by atoms with Crippen LogP contribution in [0, 0.1) is 0 Å². The van der Waals surface area contributed by atoms with Crippen LogP contribution in [0.3, 0.4) is 0 Å². The van der Waals surface area contributed by atoms with Crippen LogP contribution in [0.15, 0.2) is 84.9 Å².